The maximum absolute atomic E-state index is 11.5. The molecular formula is C15H12ClNO4. The molecule has 0 radical (unpaired) electrons. The molecule has 0 bridgehead atoms. The Balaban J connectivity index is 2.10. The average molecular weight is 306 g/mol. The van der Waals surface area contributed by atoms with Gasteiger partial charge in [-0.1, -0.05) is 11.6 Å². The summed E-state index contributed by atoms with van der Waals surface area (Å²) < 4.78 is 15.6. The lowest BCUT2D eigenvalue weighted by Gasteiger charge is -2.06. The van der Waals surface area contributed by atoms with Crippen molar-refractivity contribution in [2.75, 3.05) is 7.11 Å². The van der Waals surface area contributed by atoms with Crippen LogP contribution >= 0.6 is 11.6 Å². The summed E-state index contributed by atoms with van der Waals surface area (Å²) in [6.45, 7) is 1.79. The number of rotatable bonds is 4. The number of aryl methyl sites for hydroxylation is 1. The lowest BCUT2D eigenvalue weighted by Crippen LogP contribution is -2.00. The van der Waals surface area contributed by atoms with E-state index in [9.17, 15) is 4.79 Å². The van der Waals surface area contributed by atoms with Crippen LogP contribution < -0.4 is 4.74 Å². The molecule has 0 fully saturated rings. The summed E-state index contributed by atoms with van der Waals surface area (Å²) in [5.74, 6) is 0.919. The number of methoxy groups -OCH3 is 1. The maximum Gasteiger partial charge on any atom is 0.341 e. The topological polar surface area (TPSA) is 72.5 Å². The van der Waals surface area contributed by atoms with Gasteiger partial charge in [0.1, 0.15) is 29.4 Å². The molecule has 108 valence electrons. The number of carbonyl (C=O) groups excluding carboxylic acids is 1. The fourth-order valence-corrected chi connectivity index (χ4v) is 2.00. The molecule has 0 aliphatic rings. The summed E-state index contributed by atoms with van der Waals surface area (Å²) in [4.78, 5) is 11.5. The van der Waals surface area contributed by atoms with E-state index in [2.05, 4.69) is 4.74 Å². The van der Waals surface area contributed by atoms with Crippen LogP contribution in [-0.2, 0) is 11.3 Å². The van der Waals surface area contributed by atoms with Gasteiger partial charge in [-0.25, -0.2) is 4.79 Å². The molecule has 0 N–H and O–H groups in total. The van der Waals surface area contributed by atoms with Crippen molar-refractivity contribution >= 4 is 17.6 Å². The first-order valence-electron chi connectivity index (χ1n) is 6.05. The Labute approximate surface area is 126 Å². The summed E-state index contributed by atoms with van der Waals surface area (Å²) in [5, 5.41) is 9.10. The minimum Gasteiger partial charge on any atom is -0.484 e. The van der Waals surface area contributed by atoms with E-state index in [0.717, 1.165) is 0 Å². The molecule has 2 aromatic rings. The van der Waals surface area contributed by atoms with E-state index in [1.54, 1.807) is 25.1 Å². The first-order chi connectivity index (χ1) is 10.0. The Morgan fingerprint density at radius 3 is 2.81 bits per heavy atom. The highest BCUT2D eigenvalue weighted by Gasteiger charge is 2.15. The molecule has 0 aliphatic carbocycles. The van der Waals surface area contributed by atoms with Crippen molar-refractivity contribution in [1.82, 2.24) is 0 Å². The van der Waals surface area contributed by atoms with Crippen molar-refractivity contribution in [2.24, 2.45) is 0 Å². The highest BCUT2D eigenvalue weighted by atomic mass is 35.5. The normalized spacial score (nSPS) is 10.0. The van der Waals surface area contributed by atoms with Gasteiger partial charge in [0.25, 0.3) is 0 Å². The van der Waals surface area contributed by atoms with Gasteiger partial charge in [0.15, 0.2) is 0 Å². The van der Waals surface area contributed by atoms with Crippen molar-refractivity contribution in [3.05, 3.63) is 51.9 Å². The van der Waals surface area contributed by atoms with Gasteiger partial charge < -0.3 is 13.9 Å². The highest BCUT2D eigenvalue weighted by molar-refractivity contribution is 6.32. The number of hydrogen-bond acceptors (Lipinski definition) is 5. The first kappa shape index (κ1) is 14.9. The minimum atomic E-state index is -0.459. The number of furan rings is 1. The van der Waals surface area contributed by atoms with Crippen LogP contribution in [0.25, 0.3) is 0 Å². The molecular weight excluding hydrogens is 294 g/mol. The molecule has 6 heteroatoms. The van der Waals surface area contributed by atoms with Gasteiger partial charge in [-0.3, -0.25) is 0 Å². The molecule has 0 unspecified atom stereocenters. The fourth-order valence-electron chi connectivity index (χ4n) is 1.76. The zero-order valence-electron chi connectivity index (χ0n) is 11.5. The number of halogens is 1. The quantitative estimate of drug-likeness (QED) is 0.809. The van der Waals surface area contributed by atoms with Gasteiger partial charge in [0.2, 0.25) is 0 Å². The van der Waals surface area contributed by atoms with Crippen molar-refractivity contribution in [3.63, 3.8) is 0 Å². The second-order valence-corrected chi connectivity index (χ2v) is 4.63. The van der Waals surface area contributed by atoms with Crippen LogP contribution in [0.5, 0.6) is 5.75 Å². The summed E-state index contributed by atoms with van der Waals surface area (Å²) >= 11 is 6.00. The molecule has 1 aromatic heterocycles. The molecule has 0 aliphatic heterocycles. The Bertz CT molecular complexity index is 715. The van der Waals surface area contributed by atoms with Crippen molar-refractivity contribution in [3.8, 4) is 11.8 Å². The first-order valence-corrected chi connectivity index (χ1v) is 6.43. The third-order valence-electron chi connectivity index (χ3n) is 2.81. The average Bonchev–Trinajstić information content (AvgIpc) is 2.86. The van der Waals surface area contributed by atoms with Crippen LogP contribution in [0.4, 0.5) is 0 Å². The molecule has 2 rings (SSSR count). The standard InChI is InChI=1S/C15H12ClNO4/c1-9-12(15(18)19-2)6-11(21-9)8-20-14-4-3-10(7-17)5-13(14)16/h3-6H,8H2,1-2H3. The largest absolute Gasteiger partial charge is 0.484 e. The number of ether oxygens (including phenoxy) is 2. The van der Waals surface area contributed by atoms with Gasteiger partial charge in [0.05, 0.1) is 23.8 Å². The Hall–Kier alpha value is -2.45. The third kappa shape index (κ3) is 3.36. The summed E-state index contributed by atoms with van der Waals surface area (Å²) in [5.41, 5.74) is 0.816. The SMILES string of the molecule is COC(=O)c1cc(COc2ccc(C#N)cc2Cl)oc1C. The molecule has 0 spiro atoms. The van der Waals surface area contributed by atoms with E-state index in [1.807, 2.05) is 6.07 Å². The smallest absolute Gasteiger partial charge is 0.341 e. The zero-order chi connectivity index (χ0) is 15.4. The molecule has 0 saturated heterocycles. The van der Waals surface area contributed by atoms with E-state index in [1.165, 1.54) is 13.2 Å². The number of benzene rings is 1. The molecule has 21 heavy (non-hydrogen) atoms. The van der Waals surface area contributed by atoms with Gasteiger partial charge in [0, 0.05) is 0 Å². The number of hydrogen-bond donors (Lipinski definition) is 0. The monoisotopic (exact) mass is 305 g/mol. The van der Waals surface area contributed by atoms with Crippen LogP contribution in [0.2, 0.25) is 5.02 Å². The second kappa shape index (κ2) is 6.33. The highest BCUT2D eigenvalue weighted by Crippen LogP contribution is 2.26. The maximum atomic E-state index is 11.5. The van der Waals surface area contributed by atoms with Crippen LogP contribution in [0.3, 0.4) is 0 Å². The van der Waals surface area contributed by atoms with Crippen LogP contribution in [0.15, 0.2) is 28.7 Å². The molecule has 1 heterocycles. The van der Waals surface area contributed by atoms with Crippen molar-refractivity contribution < 1.29 is 18.7 Å². The Morgan fingerprint density at radius 1 is 1.43 bits per heavy atom. The molecule has 1 aromatic carbocycles. The minimum absolute atomic E-state index is 0.115. The van der Waals surface area contributed by atoms with Crippen LogP contribution in [0, 0.1) is 18.3 Å². The van der Waals surface area contributed by atoms with Gasteiger partial charge in [-0.2, -0.15) is 5.26 Å². The second-order valence-electron chi connectivity index (χ2n) is 4.22. The van der Waals surface area contributed by atoms with E-state index >= 15 is 0 Å². The fraction of sp³-hybridized carbons (Fsp3) is 0.200. The summed E-state index contributed by atoms with van der Waals surface area (Å²) in [7, 11) is 1.31. The van der Waals surface area contributed by atoms with Crippen molar-refractivity contribution in [1.29, 1.82) is 5.26 Å². The van der Waals surface area contributed by atoms with Crippen LogP contribution in [-0.4, -0.2) is 13.1 Å². The lowest BCUT2D eigenvalue weighted by atomic mass is 10.2. The number of nitriles is 1. The van der Waals surface area contributed by atoms with Crippen molar-refractivity contribution in [2.45, 2.75) is 13.5 Å². The van der Waals surface area contributed by atoms with E-state index < -0.39 is 5.97 Å². The third-order valence-corrected chi connectivity index (χ3v) is 3.10. The summed E-state index contributed by atoms with van der Waals surface area (Å²) in [6, 6.07) is 8.29. The summed E-state index contributed by atoms with van der Waals surface area (Å²) in [6.07, 6.45) is 0. The number of esters is 1. The van der Waals surface area contributed by atoms with Gasteiger partial charge in [-0.05, 0) is 31.2 Å². The van der Waals surface area contributed by atoms with E-state index in [0.29, 0.717) is 33.4 Å². The molecule has 5 nitrogen and oxygen atoms in total. The predicted molar refractivity (Wildman–Crippen MR) is 75.3 cm³/mol. The number of carbonyl (C=O) groups is 1. The Kier molecular flexibility index (Phi) is 4.51. The van der Waals surface area contributed by atoms with Gasteiger partial charge >= 0.3 is 5.97 Å². The predicted octanol–water partition coefficient (Wildman–Crippen LogP) is 3.48. The van der Waals surface area contributed by atoms with E-state index in [4.69, 9.17) is 26.0 Å². The lowest BCUT2D eigenvalue weighted by molar-refractivity contribution is 0.0599. The molecule has 0 amide bonds. The molecule has 0 atom stereocenters. The number of nitrogens with zero attached hydrogens (tertiary/aromatic N) is 1. The van der Waals surface area contributed by atoms with Crippen LogP contribution in [0.1, 0.15) is 27.4 Å². The van der Waals surface area contributed by atoms with Gasteiger partial charge in [-0.15, -0.1) is 0 Å². The zero-order valence-corrected chi connectivity index (χ0v) is 12.2. The molecule has 0 saturated carbocycles. The Morgan fingerprint density at radius 2 is 2.19 bits per heavy atom. The van der Waals surface area contributed by atoms with E-state index in [-0.39, 0.29) is 6.61 Å².